The van der Waals surface area contributed by atoms with E-state index in [9.17, 15) is 0 Å². The summed E-state index contributed by atoms with van der Waals surface area (Å²) in [5.74, 6) is 1.53. The normalized spacial score (nSPS) is 13.9. The van der Waals surface area contributed by atoms with Crippen LogP contribution < -0.4 is 5.32 Å². The zero-order valence-corrected chi connectivity index (χ0v) is 8.62. The Balaban J connectivity index is 3.34. The lowest BCUT2D eigenvalue weighted by Gasteiger charge is -2.16. The third kappa shape index (κ3) is 5.51. The van der Waals surface area contributed by atoms with Crippen molar-refractivity contribution in [2.45, 2.75) is 39.7 Å². The predicted molar refractivity (Wildman–Crippen MR) is 52.3 cm³/mol. The van der Waals surface area contributed by atoms with Crippen molar-refractivity contribution >= 4 is 11.6 Å². The molecule has 0 amide bonds. The van der Waals surface area contributed by atoms with E-state index in [1.54, 1.807) is 0 Å². The predicted octanol–water partition coefficient (Wildman–Crippen LogP) is 2.64. The molecule has 0 fully saturated rings. The molecule has 0 bridgehead atoms. The number of alkyl halides is 1. The fourth-order valence-corrected chi connectivity index (χ4v) is 1.11. The molecule has 0 aliphatic rings. The highest BCUT2D eigenvalue weighted by atomic mass is 35.5. The Morgan fingerprint density at radius 3 is 2.18 bits per heavy atom. The average molecular weight is 178 g/mol. The first-order chi connectivity index (χ1) is 5.24. The van der Waals surface area contributed by atoms with Crippen molar-refractivity contribution in [3.63, 3.8) is 0 Å². The zero-order valence-electron chi connectivity index (χ0n) is 7.86. The molecular formula is C9H20ClN. The summed E-state index contributed by atoms with van der Waals surface area (Å²) in [7, 11) is 0. The topological polar surface area (TPSA) is 12.0 Å². The minimum absolute atomic E-state index is 0.456. The molecule has 0 heterocycles. The van der Waals surface area contributed by atoms with Gasteiger partial charge in [-0.2, -0.15) is 0 Å². The maximum Gasteiger partial charge on any atom is 0.0374 e. The van der Waals surface area contributed by atoms with Crippen LogP contribution in [0.5, 0.6) is 0 Å². The van der Waals surface area contributed by atoms with E-state index in [2.05, 4.69) is 26.1 Å². The van der Waals surface area contributed by atoms with Crippen LogP contribution in [0.25, 0.3) is 0 Å². The Morgan fingerprint density at radius 2 is 1.82 bits per heavy atom. The lowest BCUT2D eigenvalue weighted by Crippen LogP contribution is -2.32. The summed E-state index contributed by atoms with van der Waals surface area (Å²) in [5.41, 5.74) is 0. The highest BCUT2D eigenvalue weighted by molar-refractivity contribution is 6.18. The first-order valence-corrected chi connectivity index (χ1v) is 5.07. The molecule has 11 heavy (non-hydrogen) atoms. The van der Waals surface area contributed by atoms with Crippen LogP contribution in [-0.4, -0.2) is 18.5 Å². The third-order valence-corrected chi connectivity index (χ3v) is 2.60. The lowest BCUT2D eigenvalue weighted by atomic mass is 10.0. The minimum Gasteiger partial charge on any atom is -0.313 e. The molecule has 0 spiro atoms. The van der Waals surface area contributed by atoms with E-state index in [-0.39, 0.29) is 0 Å². The van der Waals surface area contributed by atoms with Crippen molar-refractivity contribution in [1.29, 1.82) is 0 Å². The molecule has 0 aliphatic heterocycles. The van der Waals surface area contributed by atoms with Gasteiger partial charge < -0.3 is 5.32 Å². The van der Waals surface area contributed by atoms with Crippen molar-refractivity contribution in [3.05, 3.63) is 0 Å². The number of hydrogen-bond donors (Lipinski definition) is 1. The monoisotopic (exact) mass is 177 g/mol. The summed E-state index contributed by atoms with van der Waals surface area (Å²) < 4.78 is 0. The van der Waals surface area contributed by atoms with Gasteiger partial charge in [0.2, 0.25) is 0 Å². The summed E-state index contributed by atoms with van der Waals surface area (Å²) in [6.07, 6.45) is 2.52. The van der Waals surface area contributed by atoms with E-state index in [4.69, 9.17) is 11.6 Å². The van der Waals surface area contributed by atoms with Gasteiger partial charge in [0, 0.05) is 11.9 Å². The molecule has 1 nitrogen and oxygen atoms in total. The zero-order chi connectivity index (χ0) is 8.69. The molecule has 0 aromatic carbocycles. The van der Waals surface area contributed by atoms with Gasteiger partial charge in [-0.3, -0.25) is 0 Å². The second-order valence-corrected chi connectivity index (χ2v) is 3.45. The van der Waals surface area contributed by atoms with Gasteiger partial charge in [0.25, 0.3) is 0 Å². The van der Waals surface area contributed by atoms with Crippen LogP contribution in [0.2, 0.25) is 0 Å². The molecule has 1 atom stereocenters. The summed E-state index contributed by atoms with van der Waals surface area (Å²) >= 11 is 5.66. The van der Waals surface area contributed by atoms with E-state index in [0.717, 1.165) is 12.5 Å². The molecule has 68 valence electrons. The Kier molecular flexibility index (Phi) is 7.09. The molecule has 0 rings (SSSR count). The number of nitrogens with one attached hydrogen (secondary N) is 1. The van der Waals surface area contributed by atoms with Gasteiger partial charge in [0.05, 0.1) is 0 Å². The fourth-order valence-electron chi connectivity index (χ4n) is 1.000. The molecule has 0 saturated heterocycles. The van der Waals surface area contributed by atoms with Crippen molar-refractivity contribution in [1.82, 2.24) is 5.32 Å². The maximum absolute atomic E-state index is 5.66. The molecule has 0 aliphatic carbocycles. The first kappa shape index (κ1) is 11.2. The number of halogens is 1. The quantitative estimate of drug-likeness (QED) is 0.616. The highest BCUT2D eigenvalue weighted by Crippen LogP contribution is 2.05. The summed E-state index contributed by atoms with van der Waals surface area (Å²) in [5, 5.41) is 3.40. The van der Waals surface area contributed by atoms with E-state index in [0.29, 0.717) is 11.9 Å². The van der Waals surface area contributed by atoms with Crippen LogP contribution in [0, 0.1) is 5.92 Å². The standard InChI is InChI=1S/C9H20ClN/c1-4-9(5-2)7-11-8(3)6-10/h8-9,11H,4-7H2,1-3H3. The summed E-state index contributed by atoms with van der Waals surface area (Å²) in [4.78, 5) is 0. The molecule has 1 unspecified atom stereocenters. The minimum atomic E-state index is 0.456. The maximum atomic E-state index is 5.66. The SMILES string of the molecule is CCC(CC)CNC(C)CCl. The van der Waals surface area contributed by atoms with Gasteiger partial charge >= 0.3 is 0 Å². The molecule has 0 saturated carbocycles. The van der Waals surface area contributed by atoms with Gasteiger partial charge in [-0.1, -0.05) is 26.7 Å². The summed E-state index contributed by atoms with van der Waals surface area (Å²) in [6.45, 7) is 7.71. The van der Waals surface area contributed by atoms with Crippen LogP contribution in [0.1, 0.15) is 33.6 Å². The van der Waals surface area contributed by atoms with Crippen LogP contribution in [0.15, 0.2) is 0 Å². The molecular weight excluding hydrogens is 158 g/mol. The Morgan fingerprint density at radius 1 is 1.27 bits per heavy atom. The van der Waals surface area contributed by atoms with Crippen LogP contribution in [0.3, 0.4) is 0 Å². The van der Waals surface area contributed by atoms with Crippen molar-refractivity contribution in [2.24, 2.45) is 5.92 Å². The summed E-state index contributed by atoms with van der Waals surface area (Å²) in [6, 6.07) is 0.456. The van der Waals surface area contributed by atoms with Crippen LogP contribution in [-0.2, 0) is 0 Å². The first-order valence-electron chi connectivity index (χ1n) is 4.53. The molecule has 0 aromatic heterocycles. The second kappa shape index (κ2) is 6.93. The van der Waals surface area contributed by atoms with Crippen LogP contribution >= 0.6 is 11.6 Å². The third-order valence-electron chi connectivity index (χ3n) is 2.14. The number of rotatable bonds is 6. The second-order valence-electron chi connectivity index (χ2n) is 3.15. The number of hydrogen-bond acceptors (Lipinski definition) is 1. The van der Waals surface area contributed by atoms with Gasteiger partial charge in [-0.05, 0) is 19.4 Å². The largest absolute Gasteiger partial charge is 0.313 e. The smallest absolute Gasteiger partial charge is 0.0374 e. The molecule has 0 aromatic rings. The molecule has 1 N–H and O–H groups in total. The van der Waals surface area contributed by atoms with E-state index < -0.39 is 0 Å². The van der Waals surface area contributed by atoms with E-state index >= 15 is 0 Å². The average Bonchev–Trinajstić information content (AvgIpc) is 2.06. The van der Waals surface area contributed by atoms with Gasteiger partial charge in [-0.15, -0.1) is 11.6 Å². The fraction of sp³-hybridized carbons (Fsp3) is 1.00. The molecule has 2 heteroatoms. The Labute approximate surface area is 75.5 Å². The lowest BCUT2D eigenvalue weighted by molar-refractivity contribution is 0.429. The molecule has 0 radical (unpaired) electrons. The van der Waals surface area contributed by atoms with E-state index in [1.807, 2.05) is 0 Å². The van der Waals surface area contributed by atoms with Gasteiger partial charge in [0.1, 0.15) is 0 Å². The van der Waals surface area contributed by atoms with Crippen molar-refractivity contribution < 1.29 is 0 Å². The van der Waals surface area contributed by atoms with Gasteiger partial charge in [0.15, 0.2) is 0 Å². The Bertz CT molecular complexity index is 81.6. The highest BCUT2D eigenvalue weighted by Gasteiger charge is 2.04. The Hall–Kier alpha value is 0.250. The van der Waals surface area contributed by atoms with Crippen molar-refractivity contribution in [2.75, 3.05) is 12.4 Å². The van der Waals surface area contributed by atoms with E-state index in [1.165, 1.54) is 12.8 Å². The van der Waals surface area contributed by atoms with Crippen molar-refractivity contribution in [3.8, 4) is 0 Å². The van der Waals surface area contributed by atoms with Crippen LogP contribution in [0.4, 0.5) is 0 Å². The van der Waals surface area contributed by atoms with Gasteiger partial charge in [-0.25, -0.2) is 0 Å².